The molecular formula is C14H20N4O4. The number of pyridine rings is 1. The molecule has 0 aliphatic carbocycles. The predicted molar refractivity (Wildman–Crippen MR) is 80.2 cm³/mol. The fourth-order valence-electron chi connectivity index (χ4n) is 2.21. The van der Waals surface area contributed by atoms with Crippen molar-refractivity contribution in [1.82, 2.24) is 15.2 Å². The zero-order valence-corrected chi connectivity index (χ0v) is 12.5. The summed E-state index contributed by atoms with van der Waals surface area (Å²) in [6, 6.07) is 3.53. The number of nitrogens with zero attached hydrogens (tertiary/aromatic N) is 3. The Kier molecular flexibility index (Phi) is 5.40. The number of urea groups is 1. The molecule has 0 radical (unpaired) electrons. The Labute approximate surface area is 128 Å². The monoisotopic (exact) mass is 308 g/mol. The van der Waals surface area contributed by atoms with Gasteiger partial charge in [0.1, 0.15) is 11.6 Å². The van der Waals surface area contributed by atoms with Crippen molar-refractivity contribution in [2.24, 2.45) is 0 Å². The molecule has 2 rings (SSSR count). The van der Waals surface area contributed by atoms with Gasteiger partial charge in [-0.25, -0.2) is 9.78 Å². The van der Waals surface area contributed by atoms with E-state index < -0.39 is 5.97 Å². The molecule has 2 N–H and O–H groups in total. The minimum atomic E-state index is -0.921. The van der Waals surface area contributed by atoms with Crippen molar-refractivity contribution >= 4 is 17.8 Å². The van der Waals surface area contributed by atoms with E-state index in [0.29, 0.717) is 31.9 Å². The number of methoxy groups -OCH3 is 1. The smallest absolute Gasteiger partial charge is 0.317 e. The van der Waals surface area contributed by atoms with E-state index in [-0.39, 0.29) is 19.0 Å². The van der Waals surface area contributed by atoms with Crippen molar-refractivity contribution in [3.8, 4) is 5.75 Å². The minimum Gasteiger partial charge on any atom is -0.495 e. The molecule has 1 fully saturated rings. The van der Waals surface area contributed by atoms with Crippen LogP contribution >= 0.6 is 0 Å². The van der Waals surface area contributed by atoms with E-state index in [9.17, 15) is 9.59 Å². The molecule has 1 aliphatic rings. The van der Waals surface area contributed by atoms with Crippen molar-refractivity contribution in [3.05, 3.63) is 18.3 Å². The zero-order chi connectivity index (χ0) is 15.9. The van der Waals surface area contributed by atoms with Crippen LogP contribution in [0, 0.1) is 0 Å². The summed E-state index contributed by atoms with van der Waals surface area (Å²) < 4.78 is 5.08. The number of ether oxygens (including phenoxy) is 1. The second-order valence-corrected chi connectivity index (χ2v) is 4.91. The number of amides is 2. The molecule has 8 nitrogen and oxygen atoms in total. The van der Waals surface area contributed by atoms with Crippen LogP contribution in [0.5, 0.6) is 5.75 Å². The van der Waals surface area contributed by atoms with Crippen LogP contribution in [0.15, 0.2) is 18.3 Å². The molecule has 1 aromatic rings. The number of rotatable bonds is 5. The average Bonchev–Trinajstić information content (AvgIpc) is 2.54. The summed E-state index contributed by atoms with van der Waals surface area (Å²) >= 11 is 0. The molecule has 0 aromatic carbocycles. The second kappa shape index (κ2) is 7.48. The molecular weight excluding hydrogens is 288 g/mol. The van der Waals surface area contributed by atoms with E-state index in [1.807, 2.05) is 12.1 Å². The number of anilines is 1. The Morgan fingerprint density at radius 1 is 1.32 bits per heavy atom. The lowest BCUT2D eigenvalue weighted by Crippen LogP contribution is -2.52. The van der Waals surface area contributed by atoms with E-state index in [2.05, 4.69) is 15.2 Å². The predicted octanol–water partition coefficient (Wildman–Crippen LogP) is 0.396. The van der Waals surface area contributed by atoms with Crippen molar-refractivity contribution in [3.63, 3.8) is 0 Å². The summed E-state index contributed by atoms with van der Waals surface area (Å²) in [7, 11) is 1.60. The normalized spacial score (nSPS) is 14.6. The Hall–Kier alpha value is -2.51. The first-order valence-corrected chi connectivity index (χ1v) is 7.09. The highest BCUT2D eigenvalue weighted by atomic mass is 16.5. The number of hydrogen-bond acceptors (Lipinski definition) is 5. The summed E-state index contributed by atoms with van der Waals surface area (Å²) in [6.45, 7) is 2.67. The molecule has 1 saturated heterocycles. The second-order valence-electron chi connectivity index (χ2n) is 4.91. The molecule has 0 saturated carbocycles. The van der Waals surface area contributed by atoms with Gasteiger partial charge in [0.05, 0.1) is 19.7 Å². The van der Waals surface area contributed by atoms with Crippen LogP contribution in [0.25, 0.3) is 0 Å². The maximum absolute atomic E-state index is 11.9. The van der Waals surface area contributed by atoms with Gasteiger partial charge >= 0.3 is 12.0 Å². The van der Waals surface area contributed by atoms with E-state index in [1.165, 1.54) is 0 Å². The maximum Gasteiger partial charge on any atom is 0.317 e. The first-order valence-electron chi connectivity index (χ1n) is 7.09. The highest BCUT2D eigenvalue weighted by Gasteiger charge is 2.21. The van der Waals surface area contributed by atoms with E-state index in [1.54, 1.807) is 18.2 Å². The molecule has 0 spiro atoms. The Bertz CT molecular complexity index is 512. The first-order chi connectivity index (χ1) is 10.6. The van der Waals surface area contributed by atoms with Gasteiger partial charge in [-0.05, 0) is 12.1 Å². The van der Waals surface area contributed by atoms with Crippen molar-refractivity contribution in [1.29, 1.82) is 0 Å². The van der Waals surface area contributed by atoms with E-state index in [0.717, 1.165) is 5.82 Å². The Morgan fingerprint density at radius 2 is 2.05 bits per heavy atom. The van der Waals surface area contributed by atoms with Crippen LogP contribution in [-0.2, 0) is 4.79 Å². The third kappa shape index (κ3) is 4.24. The molecule has 2 heterocycles. The minimum absolute atomic E-state index is 0.0680. The largest absolute Gasteiger partial charge is 0.495 e. The first kappa shape index (κ1) is 15.9. The third-order valence-corrected chi connectivity index (χ3v) is 3.46. The van der Waals surface area contributed by atoms with E-state index >= 15 is 0 Å². The van der Waals surface area contributed by atoms with Crippen molar-refractivity contribution in [2.75, 3.05) is 44.7 Å². The number of carbonyl (C=O) groups is 2. The number of aromatic nitrogens is 1. The number of carboxylic acid groups (broad SMARTS) is 1. The average molecular weight is 308 g/mol. The molecule has 0 atom stereocenters. The summed E-state index contributed by atoms with van der Waals surface area (Å²) in [4.78, 5) is 30.4. The van der Waals surface area contributed by atoms with Gasteiger partial charge in [-0.1, -0.05) is 0 Å². The lowest BCUT2D eigenvalue weighted by Gasteiger charge is -2.35. The lowest BCUT2D eigenvalue weighted by molar-refractivity contribution is -0.136. The van der Waals surface area contributed by atoms with Crippen LogP contribution in [0.4, 0.5) is 10.6 Å². The number of carboxylic acids is 1. The standard InChI is InChI=1S/C14H20N4O4/c1-22-11-2-3-12(16-10-11)17-6-8-18(9-7-17)14(21)15-5-4-13(19)20/h2-3,10H,4-9H2,1H3,(H,15,21)(H,19,20). The van der Waals surface area contributed by atoms with Gasteiger partial charge < -0.3 is 25.0 Å². The van der Waals surface area contributed by atoms with Crippen LogP contribution in [0.3, 0.4) is 0 Å². The van der Waals surface area contributed by atoms with Crippen molar-refractivity contribution < 1.29 is 19.4 Å². The molecule has 120 valence electrons. The number of carbonyl (C=O) groups excluding carboxylic acids is 1. The highest BCUT2D eigenvalue weighted by Crippen LogP contribution is 2.17. The van der Waals surface area contributed by atoms with Crippen LogP contribution in [0.2, 0.25) is 0 Å². The maximum atomic E-state index is 11.9. The summed E-state index contributed by atoms with van der Waals surface area (Å²) in [5.74, 6) is 0.641. The van der Waals surface area contributed by atoms with Gasteiger partial charge in [0.25, 0.3) is 0 Å². The number of nitrogens with one attached hydrogen (secondary N) is 1. The van der Waals surface area contributed by atoms with E-state index in [4.69, 9.17) is 9.84 Å². The molecule has 0 unspecified atom stereocenters. The quantitative estimate of drug-likeness (QED) is 0.817. The summed E-state index contributed by atoms with van der Waals surface area (Å²) in [6.07, 6.45) is 1.60. The SMILES string of the molecule is COc1ccc(N2CCN(C(=O)NCCC(=O)O)CC2)nc1. The van der Waals surface area contributed by atoms with Gasteiger partial charge in [-0.3, -0.25) is 4.79 Å². The molecule has 0 bridgehead atoms. The van der Waals surface area contributed by atoms with Gasteiger partial charge in [-0.15, -0.1) is 0 Å². The van der Waals surface area contributed by atoms with Crippen molar-refractivity contribution in [2.45, 2.75) is 6.42 Å². The summed E-state index contributed by atoms with van der Waals surface area (Å²) in [5.41, 5.74) is 0. The topological polar surface area (TPSA) is 95.0 Å². The summed E-state index contributed by atoms with van der Waals surface area (Å²) in [5, 5.41) is 11.2. The third-order valence-electron chi connectivity index (χ3n) is 3.46. The molecule has 22 heavy (non-hydrogen) atoms. The van der Waals surface area contributed by atoms with Gasteiger partial charge in [-0.2, -0.15) is 0 Å². The Morgan fingerprint density at radius 3 is 2.59 bits per heavy atom. The van der Waals surface area contributed by atoms with Gasteiger partial charge in [0.2, 0.25) is 0 Å². The zero-order valence-electron chi connectivity index (χ0n) is 12.5. The van der Waals surface area contributed by atoms with Gasteiger partial charge in [0.15, 0.2) is 0 Å². The highest BCUT2D eigenvalue weighted by molar-refractivity contribution is 5.75. The fourth-order valence-corrected chi connectivity index (χ4v) is 2.21. The molecule has 1 aromatic heterocycles. The molecule has 2 amide bonds. The number of piperazine rings is 1. The lowest BCUT2D eigenvalue weighted by atomic mass is 10.3. The van der Waals surface area contributed by atoms with Crippen LogP contribution < -0.4 is 15.0 Å². The number of aliphatic carboxylic acids is 1. The van der Waals surface area contributed by atoms with Gasteiger partial charge in [0, 0.05) is 32.7 Å². The van der Waals surface area contributed by atoms with Crippen LogP contribution in [0.1, 0.15) is 6.42 Å². The molecule has 1 aliphatic heterocycles. The fraction of sp³-hybridized carbons (Fsp3) is 0.500. The Balaban J connectivity index is 1.79. The van der Waals surface area contributed by atoms with Crippen LogP contribution in [-0.4, -0.2) is 66.8 Å². The number of hydrogen-bond donors (Lipinski definition) is 2. The molecule has 8 heteroatoms.